The van der Waals surface area contributed by atoms with Crippen LogP contribution in [0, 0.1) is 11.8 Å². The average Bonchev–Trinajstić information content (AvgIpc) is 3.43. The number of likely N-dealkylation sites (tertiary alicyclic amines) is 1. The van der Waals surface area contributed by atoms with Crippen LogP contribution in [0.3, 0.4) is 0 Å². The Bertz CT molecular complexity index is 650. The van der Waals surface area contributed by atoms with Gasteiger partial charge in [0, 0.05) is 43.3 Å². The molecule has 2 heterocycles. The van der Waals surface area contributed by atoms with Crippen molar-refractivity contribution in [2.75, 3.05) is 39.4 Å². The van der Waals surface area contributed by atoms with Gasteiger partial charge in [0.1, 0.15) is 0 Å². The van der Waals surface area contributed by atoms with E-state index in [1.807, 2.05) is 4.90 Å². The molecule has 2 amide bonds. The van der Waals surface area contributed by atoms with Crippen LogP contribution in [0.15, 0.2) is 24.3 Å². The van der Waals surface area contributed by atoms with Crippen LogP contribution in [0.2, 0.25) is 0 Å². The molecule has 2 aliphatic heterocycles. The molecule has 134 valence electrons. The topological polar surface area (TPSA) is 75.9 Å². The van der Waals surface area contributed by atoms with E-state index in [0.717, 1.165) is 6.54 Å². The minimum atomic E-state index is -0.000656. The Hall–Kier alpha value is -1.92. The second kappa shape index (κ2) is 6.77. The maximum absolute atomic E-state index is 12.7. The highest BCUT2D eigenvalue weighted by Crippen LogP contribution is 2.41. The summed E-state index contributed by atoms with van der Waals surface area (Å²) in [5.74, 6) is 1.18. The summed E-state index contributed by atoms with van der Waals surface area (Å²) in [5.41, 5.74) is 7.46. The lowest BCUT2D eigenvalue weighted by molar-refractivity contribution is 0.0303. The molecule has 2 N–H and O–H groups in total. The zero-order valence-corrected chi connectivity index (χ0v) is 14.4. The van der Waals surface area contributed by atoms with E-state index in [4.69, 9.17) is 10.5 Å². The van der Waals surface area contributed by atoms with Gasteiger partial charge in [-0.3, -0.25) is 9.59 Å². The summed E-state index contributed by atoms with van der Waals surface area (Å²) in [7, 11) is 0. The van der Waals surface area contributed by atoms with E-state index in [-0.39, 0.29) is 17.9 Å². The van der Waals surface area contributed by atoms with Crippen molar-refractivity contribution in [3.05, 3.63) is 35.4 Å². The molecule has 0 unspecified atom stereocenters. The van der Waals surface area contributed by atoms with Crippen molar-refractivity contribution >= 4 is 11.8 Å². The van der Waals surface area contributed by atoms with Gasteiger partial charge in [-0.05, 0) is 48.9 Å². The maximum atomic E-state index is 12.7. The lowest BCUT2D eigenvalue weighted by Crippen LogP contribution is -2.40. The molecule has 6 heteroatoms. The number of ether oxygens (including phenoxy) is 1. The van der Waals surface area contributed by atoms with Crippen molar-refractivity contribution < 1.29 is 14.3 Å². The van der Waals surface area contributed by atoms with E-state index >= 15 is 0 Å². The number of nitrogens with zero attached hydrogens (tertiary/aromatic N) is 2. The van der Waals surface area contributed by atoms with E-state index in [2.05, 4.69) is 0 Å². The highest BCUT2D eigenvalue weighted by molar-refractivity contribution is 5.98. The van der Waals surface area contributed by atoms with Crippen molar-refractivity contribution in [2.45, 2.75) is 18.9 Å². The van der Waals surface area contributed by atoms with Crippen LogP contribution >= 0.6 is 0 Å². The zero-order valence-electron chi connectivity index (χ0n) is 14.4. The molecule has 1 saturated carbocycles. The van der Waals surface area contributed by atoms with Gasteiger partial charge in [-0.1, -0.05) is 0 Å². The molecule has 1 aromatic rings. The second-order valence-electron chi connectivity index (χ2n) is 7.36. The van der Waals surface area contributed by atoms with Crippen molar-refractivity contribution in [3.8, 4) is 0 Å². The van der Waals surface area contributed by atoms with Crippen LogP contribution in [-0.2, 0) is 4.74 Å². The predicted octanol–water partition coefficient (Wildman–Crippen LogP) is 0.968. The minimum absolute atomic E-state index is 0.000656. The third-order valence-electron chi connectivity index (χ3n) is 5.60. The normalized spacial score (nSPS) is 26.8. The number of nitrogens with two attached hydrogens (primary N) is 1. The highest BCUT2D eigenvalue weighted by atomic mass is 16.5. The average molecular weight is 343 g/mol. The largest absolute Gasteiger partial charge is 0.378 e. The lowest BCUT2D eigenvalue weighted by atomic mass is 9.99. The number of hydrogen-bond donors (Lipinski definition) is 1. The Balaban J connectivity index is 1.41. The number of hydrogen-bond acceptors (Lipinski definition) is 4. The number of carbonyl (C=O) groups excluding carboxylic acids is 2. The van der Waals surface area contributed by atoms with Crippen LogP contribution in [0.1, 0.15) is 33.6 Å². The number of carbonyl (C=O) groups is 2. The van der Waals surface area contributed by atoms with Crippen molar-refractivity contribution in [2.24, 2.45) is 17.6 Å². The smallest absolute Gasteiger partial charge is 0.254 e. The van der Waals surface area contributed by atoms with E-state index < -0.39 is 0 Å². The van der Waals surface area contributed by atoms with E-state index in [0.29, 0.717) is 55.8 Å². The summed E-state index contributed by atoms with van der Waals surface area (Å²) in [5, 5.41) is 0. The number of rotatable bonds is 3. The molecule has 4 rings (SSSR count). The van der Waals surface area contributed by atoms with E-state index in [1.54, 1.807) is 29.2 Å². The summed E-state index contributed by atoms with van der Waals surface area (Å²) >= 11 is 0. The molecule has 3 aliphatic rings. The first-order valence-electron chi connectivity index (χ1n) is 9.15. The fraction of sp³-hybridized carbons (Fsp3) is 0.579. The van der Waals surface area contributed by atoms with E-state index in [9.17, 15) is 9.59 Å². The van der Waals surface area contributed by atoms with Gasteiger partial charge in [-0.25, -0.2) is 0 Å². The molecular formula is C19H25N3O3. The molecule has 3 fully saturated rings. The Morgan fingerprint density at radius 2 is 1.48 bits per heavy atom. The van der Waals surface area contributed by atoms with Crippen molar-refractivity contribution in [1.82, 2.24) is 9.80 Å². The molecule has 0 aromatic heterocycles. The monoisotopic (exact) mass is 343 g/mol. The molecule has 1 aromatic carbocycles. The van der Waals surface area contributed by atoms with E-state index in [1.165, 1.54) is 12.8 Å². The molecule has 1 aliphatic carbocycles. The van der Waals surface area contributed by atoms with Crippen LogP contribution in [0.25, 0.3) is 0 Å². The number of benzene rings is 1. The summed E-state index contributed by atoms with van der Waals surface area (Å²) in [4.78, 5) is 28.8. The zero-order chi connectivity index (χ0) is 17.4. The number of morpholine rings is 1. The Kier molecular flexibility index (Phi) is 4.48. The van der Waals surface area contributed by atoms with Gasteiger partial charge in [-0.15, -0.1) is 0 Å². The molecule has 25 heavy (non-hydrogen) atoms. The van der Waals surface area contributed by atoms with Gasteiger partial charge in [0.15, 0.2) is 0 Å². The Morgan fingerprint density at radius 1 is 0.920 bits per heavy atom. The van der Waals surface area contributed by atoms with Crippen LogP contribution < -0.4 is 5.73 Å². The summed E-state index contributed by atoms with van der Waals surface area (Å²) in [6.07, 6.45) is 2.50. The third-order valence-corrected chi connectivity index (χ3v) is 5.60. The van der Waals surface area contributed by atoms with Crippen molar-refractivity contribution in [3.63, 3.8) is 0 Å². The van der Waals surface area contributed by atoms with Gasteiger partial charge in [-0.2, -0.15) is 0 Å². The minimum Gasteiger partial charge on any atom is -0.378 e. The molecule has 6 nitrogen and oxygen atoms in total. The first-order valence-corrected chi connectivity index (χ1v) is 9.15. The third kappa shape index (κ3) is 3.41. The molecular weight excluding hydrogens is 318 g/mol. The molecule has 0 spiro atoms. The standard InChI is InChI=1S/C19H25N3O3/c20-17-12-22(11-16(17)13-1-2-13)19(24)15-5-3-14(4-6-15)18(23)21-7-9-25-10-8-21/h3-6,13,16-17H,1-2,7-12,20H2/t16-,17+/m1/s1. The predicted molar refractivity (Wildman–Crippen MR) is 93.3 cm³/mol. The molecule has 0 bridgehead atoms. The van der Waals surface area contributed by atoms with Crippen LogP contribution in [0.5, 0.6) is 0 Å². The van der Waals surface area contributed by atoms with Gasteiger partial charge in [0.2, 0.25) is 0 Å². The molecule has 0 radical (unpaired) electrons. The van der Waals surface area contributed by atoms with Gasteiger partial charge in [0.25, 0.3) is 11.8 Å². The highest BCUT2D eigenvalue weighted by Gasteiger charge is 2.42. The van der Waals surface area contributed by atoms with Gasteiger partial charge >= 0.3 is 0 Å². The van der Waals surface area contributed by atoms with Crippen LogP contribution in [0.4, 0.5) is 0 Å². The second-order valence-corrected chi connectivity index (χ2v) is 7.36. The van der Waals surface area contributed by atoms with Crippen LogP contribution in [-0.4, -0.2) is 67.0 Å². The first kappa shape index (κ1) is 16.5. The fourth-order valence-electron chi connectivity index (χ4n) is 3.93. The van der Waals surface area contributed by atoms with Gasteiger partial charge in [0.05, 0.1) is 13.2 Å². The summed E-state index contributed by atoms with van der Waals surface area (Å²) in [6.45, 7) is 3.80. The summed E-state index contributed by atoms with van der Waals surface area (Å²) in [6, 6.07) is 7.11. The SMILES string of the molecule is N[C@H]1CN(C(=O)c2ccc(C(=O)N3CCOCC3)cc2)C[C@@H]1C1CC1. The molecule has 2 saturated heterocycles. The lowest BCUT2D eigenvalue weighted by Gasteiger charge is -2.27. The quantitative estimate of drug-likeness (QED) is 0.887. The molecule has 2 atom stereocenters. The first-order chi connectivity index (χ1) is 12.1. The summed E-state index contributed by atoms with van der Waals surface area (Å²) < 4.78 is 5.28. The Labute approximate surface area is 147 Å². The van der Waals surface area contributed by atoms with Crippen molar-refractivity contribution in [1.29, 1.82) is 0 Å². The number of amides is 2. The Morgan fingerprint density at radius 3 is 2.04 bits per heavy atom. The maximum Gasteiger partial charge on any atom is 0.254 e. The fourth-order valence-corrected chi connectivity index (χ4v) is 3.93. The van der Waals surface area contributed by atoms with Gasteiger partial charge < -0.3 is 20.3 Å².